The molecule has 1 amide bonds. The van der Waals surface area contributed by atoms with E-state index in [0.29, 0.717) is 17.1 Å². The Morgan fingerprint density at radius 1 is 1.03 bits per heavy atom. The largest absolute Gasteiger partial charge is 0.507 e. The Balaban J connectivity index is 1.83. The average molecular weight is 489 g/mol. The van der Waals surface area contributed by atoms with Gasteiger partial charge in [-0.1, -0.05) is 44.4 Å². The molecule has 2 heterocycles. The lowest BCUT2D eigenvalue weighted by Gasteiger charge is -2.26. The minimum atomic E-state index is -0.630. The van der Waals surface area contributed by atoms with E-state index in [2.05, 4.69) is 18.7 Å². The molecule has 1 saturated heterocycles. The van der Waals surface area contributed by atoms with E-state index in [9.17, 15) is 14.7 Å². The fourth-order valence-electron chi connectivity index (χ4n) is 4.18. The van der Waals surface area contributed by atoms with E-state index < -0.39 is 17.7 Å². The van der Waals surface area contributed by atoms with Crippen molar-refractivity contribution in [2.24, 2.45) is 0 Å². The third kappa shape index (κ3) is 6.25. The van der Waals surface area contributed by atoms with Gasteiger partial charge in [-0.3, -0.25) is 9.59 Å². The second-order valence-corrected chi connectivity index (χ2v) is 9.83. The molecule has 2 aromatic rings. The maximum Gasteiger partial charge on any atom is 0.295 e. The molecule has 1 aliphatic rings. The molecular formula is C26H33ClN2O3S. The summed E-state index contributed by atoms with van der Waals surface area (Å²) in [5.74, 6) is -1.33. The Bertz CT molecular complexity index is 948. The molecule has 5 nitrogen and oxygen atoms in total. The van der Waals surface area contributed by atoms with E-state index in [4.69, 9.17) is 11.6 Å². The van der Waals surface area contributed by atoms with Crippen LogP contribution in [0.25, 0.3) is 5.76 Å². The number of carbonyl (C=O) groups is 2. The van der Waals surface area contributed by atoms with Crippen LogP contribution in [0.5, 0.6) is 0 Å². The van der Waals surface area contributed by atoms with Crippen molar-refractivity contribution in [3.8, 4) is 0 Å². The van der Waals surface area contributed by atoms with Gasteiger partial charge in [0.05, 0.1) is 11.6 Å². The topological polar surface area (TPSA) is 60.9 Å². The molecule has 0 bridgehead atoms. The highest BCUT2D eigenvalue weighted by Gasteiger charge is 2.46. The SMILES string of the molecule is CCCCN(CCCC)CCCN1C(=O)C(=O)C(=C(O)c2ccc(Cl)cc2)[C@H]1c1cccs1. The Labute approximate surface area is 205 Å². The van der Waals surface area contributed by atoms with Crippen molar-refractivity contribution in [3.63, 3.8) is 0 Å². The summed E-state index contributed by atoms with van der Waals surface area (Å²) >= 11 is 7.46. The minimum Gasteiger partial charge on any atom is -0.507 e. The first kappa shape index (κ1) is 25.5. The standard InChI is InChI=1S/C26H33ClN2O3S/c1-3-5-14-28(15-6-4-2)16-8-17-29-23(21-9-7-18-33-21)22(25(31)26(29)32)24(30)19-10-12-20(27)13-11-19/h7,9-13,18,23,30H,3-6,8,14-17H2,1-2H3/t23-/m1/s1. The molecule has 0 saturated carbocycles. The number of nitrogens with zero attached hydrogens (tertiary/aromatic N) is 2. The van der Waals surface area contributed by atoms with E-state index in [1.165, 1.54) is 11.3 Å². The number of ketones is 1. The van der Waals surface area contributed by atoms with Gasteiger partial charge >= 0.3 is 0 Å². The van der Waals surface area contributed by atoms with E-state index in [1.54, 1.807) is 29.2 Å². The molecule has 0 aliphatic carbocycles. The molecule has 1 aliphatic heterocycles. The van der Waals surface area contributed by atoms with Crippen LogP contribution in [0.2, 0.25) is 5.02 Å². The molecule has 0 spiro atoms. The summed E-state index contributed by atoms with van der Waals surface area (Å²) in [6.45, 7) is 7.86. The molecule has 1 fully saturated rings. The molecule has 7 heteroatoms. The van der Waals surface area contributed by atoms with Crippen LogP contribution in [-0.2, 0) is 9.59 Å². The summed E-state index contributed by atoms with van der Waals surface area (Å²) in [7, 11) is 0. The number of amides is 1. The maximum absolute atomic E-state index is 13.0. The lowest BCUT2D eigenvalue weighted by Crippen LogP contribution is -2.34. The van der Waals surface area contributed by atoms with E-state index in [-0.39, 0.29) is 11.3 Å². The molecule has 33 heavy (non-hydrogen) atoms. The summed E-state index contributed by atoms with van der Waals surface area (Å²) < 4.78 is 0. The van der Waals surface area contributed by atoms with Crippen molar-refractivity contribution >= 4 is 40.4 Å². The van der Waals surface area contributed by atoms with Crippen LogP contribution in [0.1, 0.15) is 62.4 Å². The molecule has 178 valence electrons. The molecule has 1 aromatic heterocycles. The number of Topliss-reactive ketones (excluding diaryl/α,β-unsaturated/α-hetero) is 1. The van der Waals surface area contributed by atoms with Crippen molar-refractivity contribution < 1.29 is 14.7 Å². The summed E-state index contributed by atoms with van der Waals surface area (Å²) in [6.07, 6.45) is 5.40. The van der Waals surface area contributed by atoms with Gasteiger partial charge in [0.1, 0.15) is 5.76 Å². The number of hydrogen-bond donors (Lipinski definition) is 1. The zero-order valence-corrected chi connectivity index (χ0v) is 21.0. The first-order valence-corrected chi connectivity index (χ1v) is 13.0. The predicted molar refractivity (Wildman–Crippen MR) is 136 cm³/mol. The third-order valence-corrected chi connectivity index (χ3v) is 7.18. The quantitative estimate of drug-likeness (QED) is 0.222. The Hall–Kier alpha value is -2.15. The molecule has 1 N–H and O–H groups in total. The first-order chi connectivity index (χ1) is 16.0. The number of aliphatic hydroxyl groups excluding tert-OH is 1. The number of carbonyl (C=O) groups excluding carboxylic acids is 2. The van der Waals surface area contributed by atoms with Crippen LogP contribution >= 0.6 is 22.9 Å². The fourth-order valence-corrected chi connectivity index (χ4v) is 5.15. The highest BCUT2D eigenvalue weighted by Crippen LogP contribution is 2.41. The molecule has 0 unspecified atom stereocenters. The van der Waals surface area contributed by atoms with E-state index in [0.717, 1.165) is 56.6 Å². The van der Waals surface area contributed by atoms with E-state index >= 15 is 0 Å². The molecular weight excluding hydrogens is 456 g/mol. The van der Waals surface area contributed by atoms with Crippen LogP contribution in [0, 0.1) is 0 Å². The molecule has 1 aromatic carbocycles. The summed E-state index contributed by atoms with van der Waals surface area (Å²) in [6, 6.07) is 9.89. The third-order valence-electron chi connectivity index (χ3n) is 6.00. The van der Waals surface area contributed by atoms with E-state index in [1.807, 2.05) is 17.5 Å². The lowest BCUT2D eigenvalue weighted by atomic mass is 10.00. The number of likely N-dealkylation sites (tertiary alicyclic amines) is 1. The van der Waals surface area contributed by atoms with Crippen LogP contribution in [-0.4, -0.2) is 52.8 Å². The van der Waals surface area contributed by atoms with Gasteiger partial charge in [0.25, 0.3) is 11.7 Å². The normalized spacial score (nSPS) is 17.9. The second kappa shape index (κ2) is 12.4. The number of halogens is 1. The van der Waals surface area contributed by atoms with Gasteiger partial charge in [-0.05, 0) is 74.6 Å². The zero-order chi connectivity index (χ0) is 23.8. The van der Waals surface area contributed by atoms with Gasteiger partial charge in [-0.15, -0.1) is 11.3 Å². The number of benzene rings is 1. The summed E-state index contributed by atoms with van der Waals surface area (Å²) in [5.41, 5.74) is 0.628. The van der Waals surface area contributed by atoms with Crippen LogP contribution < -0.4 is 0 Å². The highest BCUT2D eigenvalue weighted by molar-refractivity contribution is 7.10. The zero-order valence-electron chi connectivity index (χ0n) is 19.4. The number of hydrogen-bond acceptors (Lipinski definition) is 5. The first-order valence-electron chi connectivity index (χ1n) is 11.8. The molecule has 0 radical (unpaired) electrons. The van der Waals surface area contributed by atoms with Gasteiger partial charge < -0.3 is 14.9 Å². The van der Waals surface area contributed by atoms with Crippen molar-refractivity contribution in [1.82, 2.24) is 9.80 Å². The molecule has 3 rings (SSSR count). The van der Waals surface area contributed by atoms with Crippen molar-refractivity contribution in [3.05, 3.63) is 62.8 Å². The monoisotopic (exact) mass is 488 g/mol. The summed E-state index contributed by atoms with van der Waals surface area (Å²) in [5, 5.41) is 13.5. The number of rotatable bonds is 12. The lowest BCUT2D eigenvalue weighted by molar-refractivity contribution is -0.139. The van der Waals surface area contributed by atoms with Crippen LogP contribution in [0.3, 0.4) is 0 Å². The predicted octanol–water partition coefficient (Wildman–Crippen LogP) is 6.12. The van der Waals surface area contributed by atoms with Crippen LogP contribution in [0.4, 0.5) is 0 Å². The van der Waals surface area contributed by atoms with Crippen LogP contribution in [0.15, 0.2) is 47.4 Å². The smallest absolute Gasteiger partial charge is 0.295 e. The van der Waals surface area contributed by atoms with Crippen molar-refractivity contribution in [2.45, 2.75) is 52.0 Å². The van der Waals surface area contributed by atoms with Gasteiger partial charge in [0, 0.05) is 22.0 Å². The highest BCUT2D eigenvalue weighted by atomic mass is 35.5. The van der Waals surface area contributed by atoms with Gasteiger partial charge in [-0.25, -0.2) is 0 Å². The number of thiophene rings is 1. The van der Waals surface area contributed by atoms with Crippen molar-refractivity contribution in [2.75, 3.05) is 26.2 Å². The maximum atomic E-state index is 13.0. The fraction of sp³-hybridized carbons (Fsp3) is 0.462. The summed E-state index contributed by atoms with van der Waals surface area (Å²) in [4.78, 5) is 31.0. The van der Waals surface area contributed by atoms with Gasteiger partial charge in [0.15, 0.2) is 0 Å². The Kier molecular flexibility index (Phi) is 9.53. The van der Waals surface area contributed by atoms with Gasteiger partial charge in [0.2, 0.25) is 0 Å². The molecule has 1 atom stereocenters. The number of aliphatic hydroxyl groups is 1. The average Bonchev–Trinajstić information content (AvgIpc) is 3.43. The Morgan fingerprint density at radius 2 is 1.67 bits per heavy atom. The number of unbranched alkanes of at least 4 members (excludes halogenated alkanes) is 2. The van der Waals surface area contributed by atoms with Gasteiger partial charge in [-0.2, -0.15) is 0 Å². The Morgan fingerprint density at radius 3 is 2.24 bits per heavy atom. The minimum absolute atomic E-state index is 0.151. The second-order valence-electron chi connectivity index (χ2n) is 8.42. The van der Waals surface area contributed by atoms with Crippen molar-refractivity contribution in [1.29, 1.82) is 0 Å².